The molecule has 1 aromatic rings. The lowest BCUT2D eigenvalue weighted by Gasteiger charge is -2.40. The molecule has 0 heterocycles. The summed E-state index contributed by atoms with van der Waals surface area (Å²) >= 11 is 1.64. The highest BCUT2D eigenvalue weighted by Gasteiger charge is 2.36. The first-order valence-corrected chi connectivity index (χ1v) is 7.58. The second-order valence-electron chi connectivity index (χ2n) is 4.96. The molecule has 1 aliphatic carbocycles. The Bertz CT molecular complexity index is 586. The summed E-state index contributed by atoms with van der Waals surface area (Å²) in [6.07, 6.45) is 4.95. The van der Waals surface area contributed by atoms with Crippen LogP contribution >= 0.6 is 11.8 Å². The van der Waals surface area contributed by atoms with Crippen molar-refractivity contribution in [3.8, 4) is 0 Å². The zero-order valence-corrected chi connectivity index (χ0v) is 12.1. The lowest BCUT2D eigenvalue weighted by molar-refractivity contribution is -0.387. The number of hydrogen-bond acceptors (Lipinski definition) is 4. The van der Waals surface area contributed by atoms with Gasteiger partial charge in [-0.3, -0.25) is 14.9 Å². The van der Waals surface area contributed by atoms with E-state index in [9.17, 15) is 23.7 Å². The third-order valence-electron chi connectivity index (χ3n) is 3.75. The number of thioether (sulfide) groups is 1. The predicted molar refractivity (Wildman–Crippen MR) is 75.4 cm³/mol. The topological polar surface area (TPSA) is 72.2 Å². The molecule has 0 bridgehead atoms. The molecular weight excluding hydrogens is 302 g/mol. The van der Waals surface area contributed by atoms with Gasteiger partial charge in [0.2, 0.25) is 5.82 Å². The zero-order chi connectivity index (χ0) is 15.6. The lowest BCUT2D eigenvalue weighted by Crippen LogP contribution is -2.45. The van der Waals surface area contributed by atoms with Crippen molar-refractivity contribution in [2.45, 2.75) is 24.0 Å². The van der Waals surface area contributed by atoms with Gasteiger partial charge >= 0.3 is 5.69 Å². The number of benzene rings is 1. The average molecular weight is 316 g/mol. The summed E-state index contributed by atoms with van der Waals surface area (Å²) in [6, 6.07) is 0.993. The Balaban J connectivity index is 2.12. The van der Waals surface area contributed by atoms with Crippen LogP contribution in [0.4, 0.5) is 14.5 Å². The number of nitro groups is 1. The molecule has 0 aliphatic heterocycles. The standard InChI is InChI=1S/C13H14F2N2O3S/c1-21-13(3-2-4-13)7-16-12(18)8-5-10(15)11(17(19)20)6-9(8)14/h5-6H,2-4,7H2,1H3,(H,16,18). The largest absolute Gasteiger partial charge is 0.351 e. The molecule has 8 heteroatoms. The Morgan fingerprint density at radius 2 is 2.10 bits per heavy atom. The van der Waals surface area contributed by atoms with Crippen LogP contribution in [0.5, 0.6) is 0 Å². The van der Waals surface area contributed by atoms with E-state index in [1.807, 2.05) is 6.26 Å². The zero-order valence-electron chi connectivity index (χ0n) is 11.3. The van der Waals surface area contributed by atoms with Crippen LogP contribution in [0.3, 0.4) is 0 Å². The van der Waals surface area contributed by atoms with Gasteiger partial charge in [0.05, 0.1) is 16.6 Å². The highest BCUT2D eigenvalue weighted by molar-refractivity contribution is 8.00. The number of nitro benzene ring substituents is 1. The quantitative estimate of drug-likeness (QED) is 0.669. The molecule has 0 unspecified atom stereocenters. The second-order valence-corrected chi connectivity index (χ2v) is 6.24. The summed E-state index contributed by atoms with van der Waals surface area (Å²) in [4.78, 5) is 21.4. The van der Waals surface area contributed by atoms with Crippen LogP contribution in [0.1, 0.15) is 29.6 Å². The van der Waals surface area contributed by atoms with E-state index in [1.54, 1.807) is 11.8 Å². The molecule has 1 N–H and O–H groups in total. The first kappa shape index (κ1) is 15.7. The highest BCUT2D eigenvalue weighted by Crippen LogP contribution is 2.42. The van der Waals surface area contributed by atoms with Gasteiger partial charge in [-0.05, 0) is 25.2 Å². The fraction of sp³-hybridized carbons (Fsp3) is 0.462. The maximum atomic E-state index is 13.7. The molecule has 5 nitrogen and oxygen atoms in total. The van der Waals surface area contributed by atoms with Crippen LogP contribution in [0, 0.1) is 21.7 Å². The second kappa shape index (κ2) is 5.97. The maximum Gasteiger partial charge on any atom is 0.307 e. The van der Waals surface area contributed by atoms with Crippen LogP contribution in [0.15, 0.2) is 12.1 Å². The van der Waals surface area contributed by atoms with Gasteiger partial charge < -0.3 is 5.32 Å². The molecule has 0 spiro atoms. The number of hydrogen-bond donors (Lipinski definition) is 1. The summed E-state index contributed by atoms with van der Waals surface area (Å²) in [5.41, 5.74) is -1.50. The van der Waals surface area contributed by atoms with Crippen LogP contribution in [-0.4, -0.2) is 28.4 Å². The lowest BCUT2D eigenvalue weighted by atomic mass is 9.84. The fourth-order valence-electron chi connectivity index (χ4n) is 2.21. The molecule has 0 radical (unpaired) electrons. The van der Waals surface area contributed by atoms with Gasteiger partial charge in [-0.15, -0.1) is 0 Å². The van der Waals surface area contributed by atoms with Gasteiger partial charge in [-0.1, -0.05) is 6.42 Å². The van der Waals surface area contributed by atoms with Crippen molar-refractivity contribution in [2.24, 2.45) is 0 Å². The van der Waals surface area contributed by atoms with Crippen molar-refractivity contribution in [2.75, 3.05) is 12.8 Å². The molecule has 114 valence electrons. The molecule has 1 aromatic carbocycles. The molecule has 1 amide bonds. The monoisotopic (exact) mass is 316 g/mol. The number of nitrogens with one attached hydrogen (secondary N) is 1. The normalized spacial score (nSPS) is 16.1. The van der Waals surface area contributed by atoms with Gasteiger partial charge in [0, 0.05) is 11.3 Å². The Labute approximate surface area is 124 Å². The van der Waals surface area contributed by atoms with Gasteiger partial charge in [0.1, 0.15) is 5.82 Å². The molecule has 0 atom stereocenters. The van der Waals surface area contributed by atoms with E-state index in [0.29, 0.717) is 18.7 Å². The van der Waals surface area contributed by atoms with Crippen LogP contribution in [-0.2, 0) is 0 Å². The average Bonchev–Trinajstić information content (AvgIpc) is 2.39. The van der Waals surface area contributed by atoms with E-state index in [1.165, 1.54) is 0 Å². The number of nitrogens with zero attached hydrogens (tertiary/aromatic N) is 1. The van der Waals surface area contributed by atoms with Crippen molar-refractivity contribution in [1.82, 2.24) is 5.32 Å². The van der Waals surface area contributed by atoms with Gasteiger partial charge in [-0.25, -0.2) is 4.39 Å². The Kier molecular flexibility index (Phi) is 4.46. The maximum absolute atomic E-state index is 13.7. The third kappa shape index (κ3) is 3.15. The molecule has 1 aliphatic rings. The molecular formula is C13H14F2N2O3S. The number of rotatable bonds is 5. The van der Waals surface area contributed by atoms with Crippen molar-refractivity contribution in [3.05, 3.63) is 39.4 Å². The van der Waals surface area contributed by atoms with E-state index in [4.69, 9.17) is 0 Å². The summed E-state index contributed by atoms with van der Waals surface area (Å²) in [5.74, 6) is -3.09. The summed E-state index contributed by atoms with van der Waals surface area (Å²) < 4.78 is 27.1. The van der Waals surface area contributed by atoms with E-state index >= 15 is 0 Å². The first-order valence-electron chi connectivity index (χ1n) is 6.35. The van der Waals surface area contributed by atoms with Crippen molar-refractivity contribution in [1.29, 1.82) is 0 Å². The minimum atomic E-state index is -1.23. The van der Waals surface area contributed by atoms with Crippen LogP contribution < -0.4 is 5.32 Å². The van der Waals surface area contributed by atoms with E-state index in [-0.39, 0.29) is 4.75 Å². The van der Waals surface area contributed by atoms with E-state index in [2.05, 4.69) is 5.32 Å². The Hall–Kier alpha value is -1.70. The molecule has 1 fully saturated rings. The number of carbonyl (C=O) groups is 1. The minimum Gasteiger partial charge on any atom is -0.351 e. The van der Waals surface area contributed by atoms with Gasteiger partial charge in [0.25, 0.3) is 5.91 Å². The predicted octanol–water partition coefficient (Wildman–Crippen LogP) is 2.89. The summed E-state index contributed by atoms with van der Waals surface area (Å²) in [7, 11) is 0. The fourth-order valence-corrected chi connectivity index (χ4v) is 3.12. The summed E-state index contributed by atoms with van der Waals surface area (Å²) in [6.45, 7) is 0.366. The van der Waals surface area contributed by atoms with Crippen molar-refractivity contribution < 1.29 is 18.5 Å². The van der Waals surface area contributed by atoms with E-state index in [0.717, 1.165) is 19.3 Å². The smallest absolute Gasteiger partial charge is 0.307 e. The SMILES string of the molecule is CSC1(CNC(=O)c2cc(F)c([N+](=O)[O-])cc2F)CCC1. The van der Waals surface area contributed by atoms with Gasteiger partial charge in [-0.2, -0.15) is 16.2 Å². The highest BCUT2D eigenvalue weighted by atomic mass is 32.2. The van der Waals surface area contributed by atoms with Gasteiger partial charge in [0.15, 0.2) is 0 Å². The molecule has 21 heavy (non-hydrogen) atoms. The molecule has 1 saturated carbocycles. The van der Waals surface area contributed by atoms with Crippen LogP contribution in [0.2, 0.25) is 0 Å². The number of halogens is 2. The Morgan fingerprint density at radius 1 is 1.43 bits per heavy atom. The summed E-state index contributed by atoms with van der Waals surface area (Å²) in [5, 5.41) is 13.1. The molecule has 2 rings (SSSR count). The van der Waals surface area contributed by atoms with Crippen molar-refractivity contribution in [3.63, 3.8) is 0 Å². The van der Waals surface area contributed by atoms with Crippen LogP contribution in [0.25, 0.3) is 0 Å². The molecule has 0 aromatic heterocycles. The van der Waals surface area contributed by atoms with E-state index < -0.39 is 33.7 Å². The molecule has 0 saturated heterocycles. The Morgan fingerprint density at radius 3 is 2.57 bits per heavy atom. The third-order valence-corrected chi connectivity index (χ3v) is 5.17. The van der Waals surface area contributed by atoms with Crippen molar-refractivity contribution >= 4 is 23.4 Å². The number of carbonyl (C=O) groups excluding carboxylic acids is 1. The first-order chi connectivity index (χ1) is 9.88. The number of amides is 1. The minimum absolute atomic E-state index is 0.0363.